The number of unbranched alkanes of at least 4 members (excludes halogenated alkanes) is 1. The van der Waals surface area contributed by atoms with E-state index in [9.17, 15) is 4.79 Å². The Morgan fingerprint density at radius 3 is 2.79 bits per heavy atom. The summed E-state index contributed by atoms with van der Waals surface area (Å²) >= 11 is 0. The number of nitrogens with two attached hydrogens (primary N) is 1. The first-order valence-electron chi connectivity index (χ1n) is 5.06. The van der Waals surface area contributed by atoms with Gasteiger partial charge in [0, 0.05) is 0 Å². The number of nitrogens with one attached hydrogen (secondary N) is 1. The molecule has 0 aliphatic rings. The number of rotatable bonds is 8. The van der Waals surface area contributed by atoms with Crippen LogP contribution >= 0.6 is 0 Å². The summed E-state index contributed by atoms with van der Waals surface area (Å²) in [5.41, 5.74) is 5.33. The van der Waals surface area contributed by atoms with Gasteiger partial charge in [0.2, 0.25) is 0 Å². The molecule has 14 heavy (non-hydrogen) atoms. The van der Waals surface area contributed by atoms with Gasteiger partial charge < -0.3 is 16.2 Å². The minimum atomic E-state index is -0.803. The Morgan fingerprint density at radius 1 is 1.57 bits per heavy atom. The van der Waals surface area contributed by atoms with E-state index in [4.69, 9.17) is 10.8 Å². The lowest BCUT2D eigenvalue weighted by Crippen LogP contribution is -2.33. The largest absolute Gasteiger partial charge is 0.480 e. The highest BCUT2D eigenvalue weighted by atomic mass is 16.4. The molecule has 4 nitrogen and oxygen atoms in total. The summed E-state index contributed by atoms with van der Waals surface area (Å²) in [5.74, 6) is -0.803. The molecule has 0 fully saturated rings. The van der Waals surface area contributed by atoms with Crippen LogP contribution in [-0.4, -0.2) is 23.7 Å². The maximum Gasteiger partial charge on any atom is 0.326 e. The summed E-state index contributed by atoms with van der Waals surface area (Å²) in [5, 5.41) is 11.7. The van der Waals surface area contributed by atoms with Crippen molar-refractivity contribution in [1.29, 1.82) is 0 Å². The van der Waals surface area contributed by atoms with Crippen molar-refractivity contribution < 1.29 is 9.90 Å². The van der Waals surface area contributed by atoms with Crippen LogP contribution in [0.5, 0.6) is 0 Å². The number of aliphatic carboxylic acids is 1. The zero-order valence-corrected chi connectivity index (χ0v) is 8.70. The first kappa shape index (κ1) is 13.0. The molecular weight excluding hydrogens is 180 g/mol. The smallest absolute Gasteiger partial charge is 0.326 e. The molecule has 0 saturated carbocycles. The van der Waals surface area contributed by atoms with E-state index in [2.05, 4.69) is 5.32 Å². The molecule has 4 N–H and O–H groups in total. The lowest BCUT2D eigenvalue weighted by atomic mass is 10.1. The molecule has 0 radical (unpaired) electrons. The fraction of sp³-hybridized carbons (Fsp3) is 0.700. The first-order chi connectivity index (χ1) is 6.72. The van der Waals surface area contributed by atoms with Crippen molar-refractivity contribution in [2.45, 2.75) is 38.6 Å². The highest BCUT2D eigenvalue weighted by molar-refractivity contribution is 5.73. The number of hydrogen-bond acceptors (Lipinski definition) is 3. The van der Waals surface area contributed by atoms with Gasteiger partial charge in [0.05, 0.1) is 0 Å². The van der Waals surface area contributed by atoms with Gasteiger partial charge in [-0.2, -0.15) is 0 Å². The van der Waals surface area contributed by atoms with Gasteiger partial charge in [-0.25, -0.2) is 4.79 Å². The van der Waals surface area contributed by atoms with E-state index in [1.807, 2.05) is 13.0 Å². The molecule has 0 amide bonds. The van der Waals surface area contributed by atoms with Gasteiger partial charge in [0.15, 0.2) is 0 Å². The molecule has 0 aromatic carbocycles. The topological polar surface area (TPSA) is 75.3 Å². The molecule has 0 aliphatic carbocycles. The second-order valence-electron chi connectivity index (χ2n) is 3.15. The van der Waals surface area contributed by atoms with Crippen molar-refractivity contribution in [3.8, 4) is 0 Å². The van der Waals surface area contributed by atoms with Crippen LogP contribution in [-0.2, 0) is 4.79 Å². The number of hydrogen-bond donors (Lipinski definition) is 3. The molecule has 0 aromatic heterocycles. The summed E-state index contributed by atoms with van der Waals surface area (Å²) in [4.78, 5) is 10.8. The first-order valence-corrected chi connectivity index (χ1v) is 5.06. The summed E-state index contributed by atoms with van der Waals surface area (Å²) < 4.78 is 0. The maximum absolute atomic E-state index is 10.8. The van der Waals surface area contributed by atoms with Crippen molar-refractivity contribution in [3.63, 3.8) is 0 Å². The average Bonchev–Trinajstić information content (AvgIpc) is 2.15. The predicted molar refractivity (Wildman–Crippen MR) is 56.9 cm³/mol. The second-order valence-corrected chi connectivity index (χ2v) is 3.15. The van der Waals surface area contributed by atoms with E-state index in [0.717, 1.165) is 19.3 Å². The standard InChI is InChI=1S/C10H20N2O2/c1-2-3-8-12-9(10(13)14)6-4-5-7-11/h3,8-9,12H,2,4-7,11H2,1H3,(H,13,14)/b8-3+. The molecule has 0 bridgehead atoms. The van der Waals surface area contributed by atoms with E-state index in [1.165, 1.54) is 0 Å². The van der Waals surface area contributed by atoms with E-state index >= 15 is 0 Å². The third-order valence-corrected chi connectivity index (χ3v) is 1.90. The lowest BCUT2D eigenvalue weighted by Gasteiger charge is -2.11. The van der Waals surface area contributed by atoms with E-state index in [-0.39, 0.29) is 0 Å². The van der Waals surface area contributed by atoms with Crippen LogP contribution in [0.3, 0.4) is 0 Å². The quantitative estimate of drug-likeness (QED) is 0.512. The third kappa shape index (κ3) is 6.48. The van der Waals surface area contributed by atoms with Crippen LogP contribution in [0.2, 0.25) is 0 Å². The summed E-state index contributed by atoms with van der Waals surface area (Å²) in [6, 6.07) is -0.482. The summed E-state index contributed by atoms with van der Waals surface area (Å²) in [6.45, 7) is 2.62. The molecule has 0 saturated heterocycles. The van der Waals surface area contributed by atoms with Crippen molar-refractivity contribution in [2.75, 3.05) is 6.54 Å². The van der Waals surface area contributed by atoms with Crippen molar-refractivity contribution in [3.05, 3.63) is 12.3 Å². The highest BCUT2D eigenvalue weighted by Gasteiger charge is 2.13. The SMILES string of the molecule is CC/C=C/NC(CCCCN)C(=O)O. The van der Waals surface area contributed by atoms with Crippen molar-refractivity contribution >= 4 is 5.97 Å². The molecule has 0 rings (SSSR count). The number of carbonyl (C=O) groups is 1. The number of carboxylic acid groups (broad SMARTS) is 1. The zero-order valence-electron chi connectivity index (χ0n) is 8.70. The minimum Gasteiger partial charge on any atom is -0.480 e. The molecule has 1 atom stereocenters. The summed E-state index contributed by atoms with van der Waals surface area (Å²) in [7, 11) is 0. The molecule has 82 valence electrons. The van der Waals surface area contributed by atoms with Crippen LogP contribution < -0.4 is 11.1 Å². The highest BCUT2D eigenvalue weighted by Crippen LogP contribution is 2.00. The third-order valence-electron chi connectivity index (χ3n) is 1.90. The fourth-order valence-corrected chi connectivity index (χ4v) is 1.07. The van der Waals surface area contributed by atoms with Gasteiger partial charge in [-0.1, -0.05) is 13.0 Å². The van der Waals surface area contributed by atoms with Crippen molar-refractivity contribution in [2.24, 2.45) is 5.73 Å². The lowest BCUT2D eigenvalue weighted by molar-refractivity contribution is -0.139. The Bertz CT molecular complexity index is 181. The number of allylic oxidation sites excluding steroid dienone is 1. The van der Waals surface area contributed by atoms with E-state index in [1.54, 1.807) is 6.20 Å². The Hall–Kier alpha value is -1.03. The molecule has 4 heteroatoms. The average molecular weight is 200 g/mol. The van der Waals surface area contributed by atoms with Gasteiger partial charge in [0.25, 0.3) is 0 Å². The van der Waals surface area contributed by atoms with Gasteiger partial charge in [-0.05, 0) is 38.4 Å². The van der Waals surface area contributed by atoms with E-state index in [0.29, 0.717) is 13.0 Å². The fourth-order valence-electron chi connectivity index (χ4n) is 1.07. The summed E-state index contributed by atoms with van der Waals surface area (Å²) in [6.07, 6.45) is 6.87. The molecule has 0 spiro atoms. The van der Waals surface area contributed by atoms with Gasteiger partial charge in [0.1, 0.15) is 6.04 Å². The molecule has 0 heterocycles. The number of carboxylic acids is 1. The molecule has 0 aromatic rings. The predicted octanol–water partition coefficient (Wildman–Crippen LogP) is 1.08. The van der Waals surface area contributed by atoms with Crippen LogP contribution in [0.25, 0.3) is 0 Å². The second kappa shape index (κ2) is 8.56. The minimum absolute atomic E-state index is 0.482. The van der Waals surface area contributed by atoms with Gasteiger partial charge in [-0.3, -0.25) is 0 Å². The Labute approximate surface area is 85.2 Å². The van der Waals surface area contributed by atoms with Crippen molar-refractivity contribution in [1.82, 2.24) is 5.32 Å². The Kier molecular flexibility index (Phi) is 7.93. The Morgan fingerprint density at radius 2 is 2.29 bits per heavy atom. The monoisotopic (exact) mass is 200 g/mol. The Balaban J connectivity index is 3.78. The van der Waals surface area contributed by atoms with Gasteiger partial charge in [-0.15, -0.1) is 0 Å². The van der Waals surface area contributed by atoms with Crippen LogP contribution in [0, 0.1) is 0 Å². The molecule has 0 aliphatic heterocycles. The normalized spacial score (nSPS) is 13.0. The van der Waals surface area contributed by atoms with Crippen LogP contribution in [0.15, 0.2) is 12.3 Å². The van der Waals surface area contributed by atoms with Crippen LogP contribution in [0.1, 0.15) is 32.6 Å². The zero-order chi connectivity index (χ0) is 10.8. The maximum atomic E-state index is 10.8. The van der Waals surface area contributed by atoms with Crippen LogP contribution in [0.4, 0.5) is 0 Å². The van der Waals surface area contributed by atoms with E-state index < -0.39 is 12.0 Å². The molecule has 1 unspecified atom stereocenters. The molecular formula is C10H20N2O2. The van der Waals surface area contributed by atoms with Gasteiger partial charge >= 0.3 is 5.97 Å².